The summed E-state index contributed by atoms with van der Waals surface area (Å²) in [5, 5.41) is 18.1. The molecule has 0 saturated carbocycles. The molecule has 6 nitrogen and oxygen atoms in total. The van der Waals surface area contributed by atoms with Gasteiger partial charge in [0.15, 0.2) is 5.78 Å². The van der Waals surface area contributed by atoms with Gasteiger partial charge >= 0.3 is 29.6 Å². The molecule has 0 unspecified atom stereocenters. The van der Waals surface area contributed by atoms with E-state index in [0.29, 0.717) is 0 Å². The zero-order chi connectivity index (χ0) is 8.73. The van der Waals surface area contributed by atoms with Gasteiger partial charge in [-0.05, 0) is 6.92 Å². The summed E-state index contributed by atoms with van der Waals surface area (Å²) in [6.07, 6.45) is 0. The second-order valence-corrected chi connectivity index (χ2v) is 1.34. The van der Waals surface area contributed by atoms with E-state index in [2.05, 4.69) is 0 Å². The topological polar surface area (TPSA) is 134 Å². The van der Waals surface area contributed by atoms with Crippen LogP contribution in [-0.4, -0.2) is 17.7 Å². The number of carbonyl (C=O) groups is 3. The summed E-state index contributed by atoms with van der Waals surface area (Å²) in [4.78, 5) is 27.6. The number of ketones is 1. The smallest absolute Gasteiger partial charge is 0.550 e. The zero-order valence-electron chi connectivity index (χ0n) is 7.54. The van der Waals surface area contributed by atoms with E-state index in [-0.39, 0.29) is 35.7 Å². The van der Waals surface area contributed by atoms with Crippen LogP contribution in [0.2, 0.25) is 0 Å². The molecule has 4 N–H and O–H groups in total. The Kier molecular flexibility index (Phi) is 24.8. The Balaban J connectivity index is -0.0000000483. The van der Waals surface area contributed by atoms with Crippen molar-refractivity contribution in [1.82, 2.24) is 6.15 Å². The van der Waals surface area contributed by atoms with E-state index in [0.717, 1.165) is 13.8 Å². The Hall–Kier alpha value is -0.430. The van der Waals surface area contributed by atoms with Crippen LogP contribution in [0.15, 0.2) is 0 Å². The largest absolute Gasteiger partial charge is 1.00 e. The van der Waals surface area contributed by atoms with E-state index in [1.54, 1.807) is 0 Å². The Morgan fingerprint density at radius 1 is 1.00 bits per heavy atom. The van der Waals surface area contributed by atoms with Gasteiger partial charge in [0, 0.05) is 12.9 Å². The van der Waals surface area contributed by atoms with Gasteiger partial charge in [-0.3, -0.25) is 4.79 Å². The molecule has 0 radical (unpaired) electrons. The van der Waals surface area contributed by atoms with Crippen molar-refractivity contribution < 1.29 is 54.2 Å². The first-order chi connectivity index (χ1) is 4.37. The Labute approximate surface area is 91.8 Å². The van der Waals surface area contributed by atoms with Gasteiger partial charge in [0.05, 0.1) is 0 Å². The van der Waals surface area contributed by atoms with Crippen molar-refractivity contribution in [2.45, 2.75) is 13.8 Å². The molecule has 66 valence electrons. The van der Waals surface area contributed by atoms with Crippen molar-refractivity contribution in [2.24, 2.45) is 0 Å². The molecule has 0 bridgehead atoms. The van der Waals surface area contributed by atoms with Crippen molar-refractivity contribution in [3.63, 3.8) is 0 Å². The first-order valence-corrected chi connectivity index (χ1v) is 2.27. The number of hydrogen-bond acceptors (Lipinski definition) is 5. The number of carboxylic acids is 2. The first-order valence-electron chi connectivity index (χ1n) is 2.27. The third kappa shape index (κ3) is 55.1. The summed E-state index contributed by atoms with van der Waals surface area (Å²) < 4.78 is 0. The van der Waals surface area contributed by atoms with Crippen LogP contribution in [0.3, 0.4) is 0 Å². The summed E-state index contributed by atoms with van der Waals surface area (Å²) in [6.45, 7) is 1.91. The van der Waals surface area contributed by atoms with Crippen molar-refractivity contribution in [2.75, 3.05) is 0 Å². The molecule has 0 aromatic carbocycles. The van der Waals surface area contributed by atoms with E-state index < -0.39 is 17.7 Å². The normalized spacial score (nSPS) is 5.83. The van der Waals surface area contributed by atoms with E-state index in [9.17, 15) is 14.7 Å². The number of carboxylic acid groups (broad SMARTS) is 2. The van der Waals surface area contributed by atoms with Crippen molar-refractivity contribution in [3.05, 3.63) is 0 Å². The molecule has 0 heterocycles. The van der Waals surface area contributed by atoms with Crippen LogP contribution in [0.1, 0.15) is 13.8 Å². The minimum Gasteiger partial charge on any atom is -0.550 e. The SMILES string of the molecule is CC(=O)C(=O)[O-].CC(=O)[O-].[NH4+].[Na+]. The zero-order valence-corrected chi connectivity index (χ0v) is 9.54. The van der Waals surface area contributed by atoms with Crippen molar-refractivity contribution >= 4 is 17.7 Å². The fourth-order valence-electron chi connectivity index (χ4n) is 0. The number of hydrogen-bond donors (Lipinski definition) is 1. The van der Waals surface area contributed by atoms with E-state index in [1.165, 1.54) is 0 Å². The van der Waals surface area contributed by atoms with Crippen LogP contribution in [0, 0.1) is 0 Å². The fourth-order valence-corrected chi connectivity index (χ4v) is 0. The third-order valence-electron chi connectivity index (χ3n) is 0.287. The first kappa shape index (κ1) is 22.6. The molecule has 7 heteroatoms. The number of quaternary nitrogens is 1. The van der Waals surface area contributed by atoms with Crippen LogP contribution < -0.4 is 45.9 Å². The van der Waals surface area contributed by atoms with Crippen molar-refractivity contribution in [1.29, 1.82) is 0 Å². The van der Waals surface area contributed by atoms with E-state index in [1.807, 2.05) is 0 Å². The quantitative estimate of drug-likeness (QED) is 0.322. The second-order valence-electron chi connectivity index (χ2n) is 1.34. The molecule has 0 aromatic rings. The van der Waals surface area contributed by atoms with Crippen LogP contribution in [0.5, 0.6) is 0 Å². The summed E-state index contributed by atoms with van der Waals surface area (Å²) in [6, 6.07) is 0. The van der Waals surface area contributed by atoms with Gasteiger partial charge in [0.2, 0.25) is 0 Å². The van der Waals surface area contributed by atoms with Crippen LogP contribution in [0.4, 0.5) is 0 Å². The molecule has 0 atom stereocenters. The Bertz CT molecular complexity index is 142. The number of carbonyl (C=O) groups excluding carboxylic acids is 3. The molecule has 0 aromatic heterocycles. The predicted octanol–water partition coefficient (Wildman–Crippen LogP) is -5.54. The average Bonchev–Trinajstić information content (AvgIpc) is 1.63. The maximum Gasteiger partial charge on any atom is 1.00 e. The molecule has 0 aliphatic heterocycles. The van der Waals surface area contributed by atoms with Gasteiger partial charge in [-0.25, -0.2) is 0 Å². The monoisotopic (exact) mass is 187 g/mol. The molecule has 0 spiro atoms. The molecule has 0 fully saturated rings. The average molecular weight is 187 g/mol. The van der Waals surface area contributed by atoms with Gasteiger partial charge in [-0.1, -0.05) is 0 Å². The summed E-state index contributed by atoms with van der Waals surface area (Å²) in [5.74, 6) is -3.65. The summed E-state index contributed by atoms with van der Waals surface area (Å²) >= 11 is 0. The fraction of sp³-hybridized carbons (Fsp3) is 0.400. The molecule has 0 saturated heterocycles. The molecule has 0 amide bonds. The van der Waals surface area contributed by atoms with E-state index >= 15 is 0 Å². The maximum atomic E-state index is 9.48. The molecule has 0 rings (SSSR count). The summed E-state index contributed by atoms with van der Waals surface area (Å²) in [7, 11) is 0. The van der Waals surface area contributed by atoms with Gasteiger partial charge in [-0.2, -0.15) is 0 Å². The van der Waals surface area contributed by atoms with Gasteiger partial charge in [0.1, 0.15) is 5.97 Å². The van der Waals surface area contributed by atoms with Gasteiger partial charge in [-0.15, -0.1) is 0 Å². The minimum atomic E-state index is -1.63. The number of rotatable bonds is 1. The molecule has 12 heavy (non-hydrogen) atoms. The van der Waals surface area contributed by atoms with Crippen molar-refractivity contribution in [3.8, 4) is 0 Å². The van der Waals surface area contributed by atoms with Gasteiger partial charge < -0.3 is 26.0 Å². The Morgan fingerprint density at radius 2 is 1.08 bits per heavy atom. The minimum absolute atomic E-state index is 0. The van der Waals surface area contributed by atoms with Crippen LogP contribution in [-0.2, 0) is 14.4 Å². The maximum absolute atomic E-state index is 9.48. The van der Waals surface area contributed by atoms with Crippen LogP contribution in [0.25, 0.3) is 0 Å². The number of aliphatic carboxylic acids is 2. The second kappa shape index (κ2) is 13.2. The number of Topliss-reactive ketones (excluding diaryl/α,β-unsaturated/α-hetero) is 1. The molecular formula is C5H10NNaO5. The van der Waals surface area contributed by atoms with Crippen LogP contribution >= 0.6 is 0 Å². The molecule has 0 aliphatic rings. The molecular weight excluding hydrogens is 177 g/mol. The summed E-state index contributed by atoms with van der Waals surface area (Å²) in [5.41, 5.74) is 0. The van der Waals surface area contributed by atoms with E-state index in [4.69, 9.17) is 9.90 Å². The predicted molar refractivity (Wildman–Crippen MR) is 32.4 cm³/mol. The molecule has 0 aliphatic carbocycles. The third-order valence-corrected chi connectivity index (χ3v) is 0.287. The van der Waals surface area contributed by atoms with Gasteiger partial charge in [0.25, 0.3) is 0 Å². The Morgan fingerprint density at radius 3 is 1.08 bits per heavy atom. The standard InChI is InChI=1S/C3H4O3.C2H4O2.H3N.Na/c1-2(4)3(5)6;1-2(3)4;;/h1H3,(H,5,6);1H3,(H,3,4);1H3;/q;;;+1/p-1.